The lowest BCUT2D eigenvalue weighted by Crippen LogP contribution is -2.26. The fourth-order valence-corrected chi connectivity index (χ4v) is 3.91. The molecule has 2 heterocycles. The van der Waals surface area contributed by atoms with Crippen molar-refractivity contribution in [1.29, 1.82) is 5.41 Å². The monoisotopic (exact) mass is 443 g/mol. The summed E-state index contributed by atoms with van der Waals surface area (Å²) >= 11 is 0. The van der Waals surface area contributed by atoms with Gasteiger partial charge in [-0.15, -0.1) is 0 Å². The number of nitrogens with two attached hydrogens (primary N) is 2. The molecule has 1 aliphatic rings. The van der Waals surface area contributed by atoms with Crippen LogP contribution in [0.4, 0.5) is 0 Å². The van der Waals surface area contributed by atoms with Gasteiger partial charge in [-0.25, -0.2) is 4.98 Å². The third kappa shape index (κ3) is 5.11. The van der Waals surface area contributed by atoms with E-state index in [1.165, 1.54) is 30.8 Å². The Labute approximate surface area is 192 Å². The molecule has 0 spiro atoms. The van der Waals surface area contributed by atoms with E-state index in [2.05, 4.69) is 27.6 Å². The van der Waals surface area contributed by atoms with E-state index in [9.17, 15) is 4.79 Å². The number of carbonyl (C=O) groups excluding carboxylic acids is 1. The summed E-state index contributed by atoms with van der Waals surface area (Å²) in [6, 6.07) is 7.87. The molecule has 1 aromatic carbocycles. The first kappa shape index (κ1) is 22.3. The van der Waals surface area contributed by atoms with Gasteiger partial charge in [-0.1, -0.05) is 6.07 Å². The predicted octanol–water partition coefficient (Wildman–Crippen LogP) is 2.84. The number of amides is 1. The molecule has 1 amide bonds. The van der Waals surface area contributed by atoms with E-state index in [-0.39, 0.29) is 17.3 Å². The molecule has 0 atom stereocenters. The van der Waals surface area contributed by atoms with E-state index in [1.807, 2.05) is 42.6 Å². The maximum atomic E-state index is 12.6. The number of hydrogen-bond acceptors (Lipinski definition) is 5. The van der Waals surface area contributed by atoms with Crippen LogP contribution < -0.4 is 16.8 Å². The zero-order chi connectivity index (χ0) is 23.5. The highest BCUT2D eigenvalue weighted by Gasteiger charge is 2.23. The lowest BCUT2D eigenvalue weighted by molar-refractivity contribution is -0.117. The van der Waals surface area contributed by atoms with Crippen molar-refractivity contribution < 1.29 is 4.79 Å². The zero-order valence-corrected chi connectivity index (χ0v) is 18.9. The van der Waals surface area contributed by atoms with Gasteiger partial charge in [0.25, 0.3) is 5.91 Å². The number of aryl methyl sites for hydroxylation is 2. The molecule has 0 aliphatic heterocycles. The van der Waals surface area contributed by atoms with Crippen LogP contribution in [0, 0.1) is 19.3 Å². The Morgan fingerprint density at radius 1 is 1.27 bits per heavy atom. The quantitative estimate of drug-likeness (QED) is 0.242. The summed E-state index contributed by atoms with van der Waals surface area (Å²) < 4.78 is 2.03. The molecule has 0 saturated heterocycles. The summed E-state index contributed by atoms with van der Waals surface area (Å²) in [6.45, 7) is 4.57. The number of aliphatic imine (C=N–C) groups is 1. The number of amidine groups is 1. The molecule has 33 heavy (non-hydrogen) atoms. The number of rotatable bonds is 8. The van der Waals surface area contributed by atoms with Crippen LogP contribution in [-0.4, -0.2) is 27.3 Å². The van der Waals surface area contributed by atoms with Gasteiger partial charge in [0.05, 0.1) is 17.8 Å². The average Bonchev–Trinajstić information content (AvgIpc) is 3.55. The van der Waals surface area contributed by atoms with Crippen LogP contribution >= 0.6 is 0 Å². The third-order valence-electron chi connectivity index (χ3n) is 5.93. The van der Waals surface area contributed by atoms with Gasteiger partial charge in [-0.2, -0.15) is 0 Å². The number of benzene rings is 1. The van der Waals surface area contributed by atoms with Crippen LogP contribution in [0.25, 0.3) is 5.65 Å². The van der Waals surface area contributed by atoms with Crippen molar-refractivity contribution in [3.8, 4) is 0 Å². The molecule has 6 N–H and O–H groups in total. The maximum Gasteiger partial charge on any atom is 0.254 e. The standard InChI is InChI=1S/C25H29N7O/c1-15-7-19(24(27)28)8-16(2)22(15)12-30-25(33)20(9-26)10-29-11-21-14-32-13-18(17-3-4-17)5-6-23(32)31-21/h5-10,13-14,17H,3-4,11-12,26H2,1-2H3,(H3,27,28)(H,30,33)/b20-9+,29-10?. The van der Waals surface area contributed by atoms with Crippen molar-refractivity contribution >= 4 is 23.6 Å². The summed E-state index contributed by atoms with van der Waals surface area (Å²) in [5.74, 6) is 0.406. The lowest BCUT2D eigenvalue weighted by Gasteiger charge is -2.13. The average molecular weight is 444 g/mol. The fraction of sp³-hybridized carbons (Fsp3) is 0.280. The minimum Gasteiger partial charge on any atom is -0.404 e. The van der Waals surface area contributed by atoms with Gasteiger partial charge in [0, 0.05) is 36.9 Å². The van der Waals surface area contributed by atoms with Crippen LogP contribution in [0.15, 0.2) is 53.4 Å². The van der Waals surface area contributed by atoms with Gasteiger partial charge in [0.15, 0.2) is 0 Å². The molecular formula is C25H29N7O. The van der Waals surface area contributed by atoms with Gasteiger partial charge in [0.1, 0.15) is 11.5 Å². The van der Waals surface area contributed by atoms with Gasteiger partial charge in [-0.3, -0.25) is 15.2 Å². The van der Waals surface area contributed by atoms with Crippen LogP contribution in [0.5, 0.6) is 0 Å². The second-order valence-electron chi connectivity index (χ2n) is 8.51. The van der Waals surface area contributed by atoms with Gasteiger partial charge in [-0.05, 0) is 73.1 Å². The molecule has 8 nitrogen and oxygen atoms in total. The molecule has 1 fully saturated rings. The number of aromatic nitrogens is 2. The highest BCUT2D eigenvalue weighted by atomic mass is 16.1. The number of nitrogens with one attached hydrogen (secondary N) is 2. The maximum absolute atomic E-state index is 12.6. The largest absolute Gasteiger partial charge is 0.404 e. The molecule has 170 valence electrons. The highest BCUT2D eigenvalue weighted by Crippen LogP contribution is 2.39. The van der Waals surface area contributed by atoms with E-state index in [0.717, 1.165) is 28.0 Å². The van der Waals surface area contributed by atoms with Gasteiger partial charge in [0.2, 0.25) is 0 Å². The molecule has 0 radical (unpaired) electrons. The van der Waals surface area contributed by atoms with Crippen LogP contribution in [-0.2, 0) is 17.9 Å². The summed E-state index contributed by atoms with van der Waals surface area (Å²) in [6.07, 6.45) is 9.36. The molecular weight excluding hydrogens is 414 g/mol. The van der Waals surface area contributed by atoms with E-state index < -0.39 is 0 Å². The number of carbonyl (C=O) groups is 1. The van der Waals surface area contributed by atoms with E-state index >= 15 is 0 Å². The smallest absolute Gasteiger partial charge is 0.254 e. The Morgan fingerprint density at radius 2 is 2.00 bits per heavy atom. The molecule has 1 aliphatic carbocycles. The molecule has 1 saturated carbocycles. The van der Waals surface area contributed by atoms with E-state index in [4.69, 9.17) is 16.9 Å². The van der Waals surface area contributed by atoms with Crippen molar-refractivity contribution in [2.45, 2.75) is 45.7 Å². The van der Waals surface area contributed by atoms with Crippen molar-refractivity contribution in [1.82, 2.24) is 14.7 Å². The number of pyridine rings is 1. The highest BCUT2D eigenvalue weighted by molar-refractivity contribution is 6.12. The number of nitrogen functional groups attached to an aromatic ring is 1. The fourth-order valence-electron chi connectivity index (χ4n) is 3.91. The van der Waals surface area contributed by atoms with Crippen molar-refractivity contribution in [3.63, 3.8) is 0 Å². The lowest BCUT2D eigenvalue weighted by atomic mass is 9.98. The SMILES string of the molecule is Cc1cc(C(=N)N)cc(C)c1CNC(=O)/C(C=NCc1cn2cc(C3CC3)ccc2n1)=C/N. The molecule has 0 unspecified atom stereocenters. The second-order valence-corrected chi connectivity index (χ2v) is 8.51. The van der Waals surface area contributed by atoms with E-state index in [0.29, 0.717) is 24.6 Å². The summed E-state index contributed by atoms with van der Waals surface area (Å²) in [5, 5.41) is 10.5. The van der Waals surface area contributed by atoms with Gasteiger partial charge < -0.3 is 21.2 Å². The Morgan fingerprint density at radius 3 is 2.64 bits per heavy atom. The molecule has 2 aromatic heterocycles. The number of nitrogens with zero attached hydrogens (tertiary/aromatic N) is 3. The topological polar surface area (TPSA) is 135 Å². The summed E-state index contributed by atoms with van der Waals surface area (Å²) in [4.78, 5) is 21.6. The number of fused-ring (bicyclic) bond motifs is 1. The Kier molecular flexibility index (Phi) is 6.26. The normalized spacial score (nSPS) is 14.2. The minimum atomic E-state index is -0.306. The molecule has 4 rings (SSSR count). The van der Waals surface area contributed by atoms with Crippen LogP contribution in [0.3, 0.4) is 0 Å². The first-order chi connectivity index (χ1) is 15.9. The van der Waals surface area contributed by atoms with Crippen LogP contribution in [0.1, 0.15) is 52.3 Å². The second kappa shape index (κ2) is 9.28. The third-order valence-corrected chi connectivity index (χ3v) is 5.93. The van der Waals surface area contributed by atoms with Gasteiger partial charge >= 0.3 is 0 Å². The van der Waals surface area contributed by atoms with Crippen LogP contribution in [0.2, 0.25) is 0 Å². The van der Waals surface area contributed by atoms with Crippen molar-refractivity contribution in [2.24, 2.45) is 16.5 Å². The number of imidazole rings is 1. The predicted molar refractivity (Wildman–Crippen MR) is 130 cm³/mol. The zero-order valence-electron chi connectivity index (χ0n) is 18.9. The molecule has 3 aromatic rings. The Bertz CT molecular complexity index is 1260. The summed E-state index contributed by atoms with van der Waals surface area (Å²) in [5.41, 5.74) is 18.2. The first-order valence-corrected chi connectivity index (χ1v) is 11.0. The van der Waals surface area contributed by atoms with Crippen molar-refractivity contribution in [3.05, 3.63) is 81.9 Å². The Hall–Kier alpha value is -3.94. The number of hydrogen-bond donors (Lipinski definition) is 4. The molecule has 0 bridgehead atoms. The summed E-state index contributed by atoms with van der Waals surface area (Å²) in [7, 11) is 0. The molecule has 8 heteroatoms. The minimum absolute atomic E-state index is 0.0234. The Balaban J connectivity index is 1.37. The van der Waals surface area contributed by atoms with E-state index in [1.54, 1.807) is 0 Å². The first-order valence-electron chi connectivity index (χ1n) is 11.0. The van der Waals surface area contributed by atoms with Crippen molar-refractivity contribution in [2.75, 3.05) is 0 Å².